The molecule has 60 valence electrons. The van der Waals surface area contributed by atoms with E-state index in [4.69, 9.17) is 5.73 Å². The molecule has 0 aliphatic heterocycles. The van der Waals surface area contributed by atoms with Crippen LogP contribution in [0.25, 0.3) is 0 Å². The van der Waals surface area contributed by atoms with Crippen LogP contribution in [0, 0.1) is 11.8 Å². The maximum Gasteiger partial charge on any atom is -0.00746 e. The maximum absolute atomic E-state index is 5.49. The first-order chi connectivity index (χ1) is 4.83. The fourth-order valence-electron chi connectivity index (χ4n) is 1.85. The van der Waals surface area contributed by atoms with E-state index in [0.717, 1.165) is 18.4 Å². The van der Waals surface area contributed by atoms with Gasteiger partial charge in [-0.15, -0.1) is 0 Å². The lowest BCUT2D eigenvalue weighted by molar-refractivity contribution is 0.280. The zero-order valence-corrected chi connectivity index (χ0v) is 6.97. The third kappa shape index (κ3) is 2.30. The summed E-state index contributed by atoms with van der Waals surface area (Å²) in [5, 5.41) is 0. The van der Waals surface area contributed by atoms with E-state index < -0.39 is 0 Å². The molecule has 1 saturated carbocycles. The van der Waals surface area contributed by atoms with E-state index in [1.54, 1.807) is 0 Å². The lowest BCUT2D eigenvalue weighted by Gasteiger charge is -2.25. The molecule has 1 aliphatic carbocycles. The Bertz CT molecular complexity index is 82.7. The molecule has 1 aliphatic rings. The zero-order valence-electron chi connectivity index (χ0n) is 6.97. The summed E-state index contributed by atoms with van der Waals surface area (Å²) >= 11 is 0. The van der Waals surface area contributed by atoms with E-state index in [1.807, 2.05) is 0 Å². The Balaban J connectivity index is 2.13. The minimum absolute atomic E-state index is 0.888. The van der Waals surface area contributed by atoms with Gasteiger partial charge in [0.2, 0.25) is 0 Å². The molecule has 0 aromatic carbocycles. The van der Waals surface area contributed by atoms with Gasteiger partial charge in [-0.2, -0.15) is 0 Å². The smallest absolute Gasteiger partial charge is 0.00746 e. The summed E-state index contributed by atoms with van der Waals surface area (Å²) in [6.45, 7) is 3.25. The van der Waals surface area contributed by atoms with Crippen LogP contribution >= 0.6 is 0 Å². The minimum atomic E-state index is 0.888. The summed E-state index contributed by atoms with van der Waals surface area (Å²) in [7, 11) is 0. The Morgan fingerprint density at radius 1 is 1.20 bits per heavy atom. The van der Waals surface area contributed by atoms with Crippen molar-refractivity contribution in [3.8, 4) is 0 Å². The summed E-state index contributed by atoms with van der Waals surface area (Å²) in [6.07, 6.45) is 6.98. The van der Waals surface area contributed by atoms with Crippen LogP contribution in [0.3, 0.4) is 0 Å². The van der Waals surface area contributed by atoms with Crippen molar-refractivity contribution in [1.29, 1.82) is 0 Å². The second-order valence-electron chi connectivity index (χ2n) is 3.70. The second-order valence-corrected chi connectivity index (χ2v) is 3.70. The normalized spacial score (nSPS) is 34.2. The molecule has 1 heteroatoms. The lowest BCUT2D eigenvalue weighted by atomic mass is 9.81. The average Bonchev–Trinajstić information content (AvgIpc) is 1.95. The van der Waals surface area contributed by atoms with Crippen LogP contribution in [-0.4, -0.2) is 6.54 Å². The van der Waals surface area contributed by atoms with Gasteiger partial charge in [0, 0.05) is 0 Å². The molecule has 0 radical (unpaired) electrons. The standard InChI is InChI=1S/C9H19N/c1-8-2-4-9(5-3-8)6-7-10/h8-9H,2-7,10H2,1H3/t8-,9-. The van der Waals surface area contributed by atoms with Gasteiger partial charge in [-0.1, -0.05) is 32.6 Å². The number of rotatable bonds is 2. The van der Waals surface area contributed by atoms with E-state index in [2.05, 4.69) is 6.92 Å². The highest BCUT2D eigenvalue weighted by atomic mass is 14.5. The molecule has 0 unspecified atom stereocenters. The molecule has 0 saturated heterocycles. The Hall–Kier alpha value is -0.0400. The van der Waals surface area contributed by atoms with Gasteiger partial charge in [-0.05, 0) is 24.8 Å². The Morgan fingerprint density at radius 2 is 1.80 bits per heavy atom. The van der Waals surface area contributed by atoms with Crippen molar-refractivity contribution in [3.63, 3.8) is 0 Å². The van der Waals surface area contributed by atoms with Crippen LogP contribution in [0.4, 0.5) is 0 Å². The van der Waals surface area contributed by atoms with Gasteiger partial charge in [0.25, 0.3) is 0 Å². The third-order valence-electron chi connectivity index (χ3n) is 2.71. The van der Waals surface area contributed by atoms with E-state index in [0.29, 0.717) is 0 Å². The first-order valence-electron chi connectivity index (χ1n) is 4.53. The van der Waals surface area contributed by atoms with Crippen molar-refractivity contribution < 1.29 is 0 Å². The van der Waals surface area contributed by atoms with Crippen LogP contribution in [0.2, 0.25) is 0 Å². The van der Waals surface area contributed by atoms with Gasteiger partial charge in [-0.25, -0.2) is 0 Å². The lowest BCUT2D eigenvalue weighted by Crippen LogP contribution is -2.15. The topological polar surface area (TPSA) is 26.0 Å². The fourth-order valence-corrected chi connectivity index (χ4v) is 1.85. The molecule has 0 atom stereocenters. The highest BCUT2D eigenvalue weighted by molar-refractivity contribution is 4.69. The SMILES string of the molecule is C[C@H]1CC[C@H](CCN)CC1. The number of hydrogen-bond donors (Lipinski definition) is 1. The summed E-state index contributed by atoms with van der Waals surface area (Å²) in [4.78, 5) is 0. The number of hydrogen-bond acceptors (Lipinski definition) is 1. The third-order valence-corrected chi connectivity index (χ3v) is 2.71. The largest absolute Gasteiger partial charge is 0.330 e. The molecule has 0 heterocycles. The molecule has 0 bridgehead atoms. The molecule has 0 spiro atoms. The van der Waals surface area contributed by atoms with Crippen molar-refractivity contribution in [1.82, 2.24) is 0 Å². The van der Waals surface area contributed by atoms with Crippen LogP contribution in [0.1, 0.15) is 39.0 Å². The van der Waals surface area contributed by atoms with Crippen LogP contribution in [0.15, 0.2) is 0 Å². The zero-order chi connectivity index (χ0) is 7.40. The van der Waals surface area contributed by atoms with Gasteiger partial charge in [0.15, 0.2) is 0 Å². The molecule has 0 aromatic heterocycles. The molecular weight excluding hydrogens is 122 g/mol. The van der Waals surface area contributed by atoms with Gasteiger partial charge < -0.3 is 5.73 Å². The quantitative estimate of drug-likeness (QED) is 0.626. The maximum atomic E-state index is 5.49. The monoisotopic (exact) mass is 141 g/mol. The Labute approximate surface area is 64.0 Å². The highest BCUT2D eigenvalue weighted by Crippen LogP contribution is 2.29. The van der Waals surface area contributed by atoms with Crippen molar-refractivity contribution in [2.45, 2.75) is 39.0 Å². The van der Waals surface area contributed by atoms with E-state index in [9.17, 15) is 0 Å². The van der Waals surface area contributed by atoms with Crippen molar-refractivity contribution in [2.24, 2.45) is 17.6 Å². The van der Waals surface area contributed by atoms with Crippen molar-refractivity contribution in [3.05, 3.63) is 0 Å². The van der Waals surface area contributed by atoms with Gasteiger partial charge in [-0.3, -0.25) is 0 Å². The summed E-state index contributed by atoms with van der Waals surface area (Å²) in [6, 6.07) is 0. The molecule has 1 fully saturated rings. The van der Waals surface area contributed by atoms with Crippen molar-refractivity contribution >= 4 is 0 Å². The average molecular weight is 141 g/mol. The Morgan fingerprint density at radius 3 is 2.30 bits per heavy atom. The summed E-state index contributed by atoms with van der Waals surface area (Å²) in [5.74, 6) is 1.94. The molecule has 0 aromatic rings. The molecule has 1 nitrogen and oxygen atoms in total. The number of nitrogens with two attached hydrogens (primary N) is 1. The Kier molecular flexibility index (Phi) is 3.20. The van der Waals surface area contributed by atoms with E-state index in [1.165, 1.54) is 32.1 Å². The predicted octanol–water partition coefficient (Wildman–Crippen LogP) is 2.16. The van der Waals surface area contributed by atoms with Gasteiger partial charge in [0.05, 0.1) is 0 Å². The first-order valence-corrected chi connectivity index (χ1v) is 4.53. The molecule has 0 amide bonds. The van der Waals surface area contributed by atoms with E-state index >= 15 is 0 Å². The molecule has 2 N–H and O–H groups in total. The van der Waals surface area contributed by atoms with Crippen molar-refractivity contribution in [2.75, 3.05) is 6.54 Å². The second kappa shape index (κ2) is 3.97. The molecule has 1 rings (SSSR count). The minimum Gasteiger partial charge on any atom is -0.330 e. The predicted molar refractivity (Wildman–Crippen MR) is 44.8 cm³/mol. The molecule has 10 heavy (non-hydrogen) atoms. The van der Waals surface area contributed by atoms with Gasteiger partial charge >= 0.3 is 0 Å². The van der Waals surface area contributed by atoms with Gasteiger partial charge in [0.1, 0.15) is 0 Å². The van der Waals surface area contributed by atoms with Crippen LogP contribution < -0.4 is 5.73 Å². The highest BCUT2D eigenvalue weighted by Gasteiger charge is 2.16. The van der Waals surface area contributed by atoms with Crippen LogP contribution in [0.5, 0.6) is 0 Å². The summed E-state index contributed by atoms with van der Waals surface area (Å²) < 4.78 is 0. The molecular formula is C9H19N. The summed E-state index contributed by atoms with van der Waals surface area (Å²) in [5.41, 5.74) is 5.49. The van der Waals surface area contributed by atoms with E-state index in [-0.39, 0.29) is 0 Å². The van der Waals surface area contributed by atoms with Crippen LogP contribution in [-0.2, 0) is 0 Å². The fraction of sp³-hybridized carbons (Fsp3) is 1.00. The first kappa shape index (κ1) is 8.06.